The van der Waals surface area contributed by atoms with Crippen molar-refractivity contribution in [2.75, 3.05) is 13.2 Å². The Hall–Kier alpha value is -2.10. The highest BCUT2D eigenvalue weighted by molar-refractivity contribution is 5.93. The monoisotopic (exact) mass is 458 g/mol. The number of benzene rings is 1. The summed E-state index contributed by atoms with van der Waals surface area (Å²) in [6.45, 7) is 5.30. The summed E-state index contributed by atoms with van der Waals surface area (Å²) in [5, 5.41) is 0. The van der Waals surface area contributed by atoms with E-state index in [2.05, 4.69) is 26.0 Å². The SMILES string of the molecule is CCCCC/C=C/CCCOC(=O)c1ccc(C(=O)OCCCCCCCCCCC)cc1. The molecule has 4 nitrogen and oxygen atoms in total. The van der Waals surface area contributed by atoms with Crippen molar-refractivity contribution >= 4 is 11.9 Å². The lowest BCUT2D eigenvalue weighted by Gasteiger charge is -2.07. The van der Waals surface area contributed by atoms with Gasteiger partial charge in [-0.3, -0.25) is 0 Å². The lowest BCUT2D eigenvalue weighted by atomic mass is 10.1. The molecule has 0 saturated carbocycles. The summed E-state index contributed by atoms with van der Waals surface area (Å²) in [6, 6.07) is 6.53. The fraction of sp³-hybridized carbons (Fsp3) is 0.655. The largest absolute Gasteiger partial charge is 0.462 e. The minimum atomic E-state index is -0.350. The predicted molar refractivity (Wildman–Crippen MR) is 137 cm³/mol. The zero-order chi connectivity index (χ0) is 24.0. The third-order valence-electron chi connectivity index (χ3n) is 5.73. The molecule has 0 atom stereocenters. The molecule has 0 aliphatic rings. The first-order valence-electron chi connectivity index (χ1n) is 13.3. The van der Waals surface area contributed by atoms with Gasteiger partial charge in [-0.05, 0) is 56.4 Å². The maximum absolute atomic E-state index is 12.2. The number of carbonyl (C=O) groups is 2. The van der Waals surface area contributed by atoms with Crippen LogP contribution < -0.4 is 0 Å². The number of carbonyl (C=O) groups excluding carboxylic acids is 2. The number of hydrogen-bond acceptors (Lipinski definition) is 4. The highest BCUT2D eigenvalue weighted by Crippen LogP contribution is 2.11. The molecule has 186 valence electrons. The van der Waals surface area contributed by atoms with E-state index in [1.54, 1.807) is 24.3 Å². The average molecular weight is 459 g/mol. The molecule has 0 N–H and O–H groups in total. The smallest absolute Gasteiger partial charge is 0.338 e. The molecule has 0 amide bonds. The molecular formula is C29H46O4. The van der Waals surface area contributed by atoms with Crippen LogP contribution in [0.3, 0.4) is 0 Å². The summed E-state index contributed by atoms with van der Waals surface area (Å²) in [6.07, 6.45) is 22.1. The third kappa shape index (κ3) is 15.4. The van der Waals surface area contributed by atoms with Gasteiger partial charge in [0.25, 0.3) is 0 Å². The Bertz CT molecular complexity index is 648. The summed E-state index contributed by atoms with van der Waals surface area (Å²) in [4.78, 5) is 24.3. The molecule has 0 unspecified atom stereocenters. The quantitative estimate of drug-likeness (QED) is 0.112. The van der Waals surface area contributed by atoms with Gasteiger partial charge in [-0.25, -0.2) is 9.59 Å². The summed E-state index contributed by atoms with van der Waals surface area (Å²) >= 11 is 0. The molecule has 0 radical (unpaired) electrons. The molecule has 1 rings (SSSR count). The second kappa shape index (κ2) is 20.5. The van der Waals surface area contributed by atoms with Crippen molar-refractivity contribution in [1.82, 2.24) is 0 Å². The molecule has 0 aliphatic carbocycles. The highest BCUT2D eigenvalue weighted by Gasteiger charge is 2.10. The first-order chi connectivity index (χ1) is 16.2. The zero-order valence-corrected chi connectivity index (χ0v) is 21.1. The molecule has 1 aromatic carbocycles. The predicted octanol–water partition coefficient (Wildman–Crippen LogP) is 8.45. The van der Waals surface area contributed by atoms with E-state index in [0.717, 1.165) is 32.1 Å². The van der Waals surface area contributed by atoms with E-state index in [1.807, 2.05) is 0 Å². The van der Waals surface area contributed by atoms with E-state index >= 15 is 0 Å². The Balaban J connectivity index is 2.13. The fourth-order valence-corrected chi connectivity index (χ4v) is 3.60. The van der Waals surface area contributed by atoms with Gasteiger partial charge in [0.15, 0.2) is 0 Å². The van der Waals surface area contributed by atoms with Gasteiger partial charge in [-0.15, -0.1) is 0 Å². The van der Waals surface area contributed by atoms with Gasteiger partial charge in [0.2, 0.25) is 0 Å². The molecular weight excluding hydrogens is 412 g/mol. The molecule has 0 bridgehead atoms. The molecule has 0 aliphatic heterocycles. The average Bonchev–Trinajstić information content (AvgIpc) is 2.84. The number of rotatable bonds is 20. The Labute approximate surface area is 202 Å². The van der Waals surface area contributed by atoms with Gasteiger partial charge in [0.05, 0.1) is 24.3 Å². The van der Waals surface area contributed by atoms with Crippen LogP contribution in [0.15, 0.2) is 36.4 Å². The summed E-state index contributed by atoms with van der Waals surface area (Å²) in [5.41, 5.74) is 0.927. The number of hydrogen-bond donors (Lipinski definition) is 0. The number of allylic oxidation sites excluding steroid dienone is 2. The topological polar surface area (TPSA) is 52.6 Å². The van der Waals surface area contributed by atoms with E-state index < -0.39 is 0 Å². The Morgan fingerprint density at radius 2 is 0.970 bits per heavy atom. The molecule has 0 aromatic heterocycles. The van der Waals surface area contributed by atoms with Crippen LogP contribution >= 0.6 is 0 Å². The molecule has 0 heterocycles. The minimum absolute atomic E-state index is 0.333. The van der Waals surface area contributed by atoms with Crippen LogP contribution in [0.5, 0.6) is 0 Å². The van der Waals surface area contributed by atoms with Crippen molar-refractivity contribution < 1.29 is 19.1 Å². The van der Waals surface area contributed by atoms with Crippen LogP contribution in [-0.4, -0.2) is 25.2 Å². The van der Waals surface area contributed by atoms with Crippen LogP contribution in [-0.2, 0) is 9.47 Å². The van der Waals surface area contributed by atoms with Gasteiger partial charge in [0, 0.05) is 0 Å². The second-order valence-corrected chi connectivity index (χ2v) is 8.79. The Morgan fingerprint density at radius 3 is 1.48 bits per heavy atom. The van der Waals surface area contributed by atoms with Crippen molar-refractivity contribution in [1.29, 1.82) is 0 Å². The van der Waals surface area contributed by atoms with Crippen molar-refractivity contribution in [3.63, 3.8) is 0 Å². The van der Waals surface area contributed by atoms with Gasteiger partial charge >= 0.3 is 11.9 Å². The van der Waals surface area contributed by atoms with Gasteiger partial charge in [0.1, 0.15) is 0 Å². The first-order valence-corrected chi connectivity index (χ1v) is 13.3. The molecule has 33 heavy (non-hydrogen) atoms. The first kappa shape index (κ1) is 28.9. The van der Waals surface area contributed by atoms with E-state index in [9.17, 15) is 9.59 Å². The van der Waals surface area contributed by atoms with Crippen LogP contribution in [0, 0.1) is 0 Å². The maximum Gasteiger partial charge on any atom is 0.338 e. The summed E-state index contributed by atoms with van der Waals surface area (Å²) in [7, 11) is 0. The lowest BCUT2D eigenvalue weighted by molar-refractivity contribution is 0.0485. The van der Waals surface area contributed by atoms with E-state index in [-0.39, 0.29) is 11.9 Å². The molecule has 0 saturated heterocycles. The number of esters is 2. The van der Waals surface area contributed by atoms with Crippen LogP contribution in [0.4, 0.5) is 0 Å². The van der Waals surface area contributed by atoms with Gasteiger partial charge in [-0.2, -0.15) is 0 Å². The van der Waals surface area contributed by atoms with E-state index in [0.29, 0.717) is 24.3 Å². The summed E-state index contributed by atoms with van der Waals surface area (Å²) < 4.78 is 10.7. The molecule has 1 aromatic rings. The van der Waals surface area contributed by atoms with Crippen molar-refractivity contribution in [2.24, 2.45) is 0 Å². The standard InChI is InChI=1S/C29H46O4/c1-3-5-7-9-11-13-15-17-19-25-33-29(31)27-22-20-26(21-23-27)28(30)32-24-18-16-14-12-10-8-6-4-2/h12,14,20-23H,3-11,13,15-19,24-25H2,1-2H3/b14-12+. The van der Waals surface area contributed by atoms with Crippen LogP contribution in [0.1, 0.15) is 131 Å². The number of ether oxygens (including phenoxy) is 2. The van der Waals surface area contributed by atoms with E-state index in [1.165, 1.54) is 64.2 Å². The Morgan fingerprint density at radius 1 is 0.576 bits per heavy atom. The highest BCUT2D eigenvalue weighted by atomic mass is 16.5. The zero-order valence-electron chi connectivity index (χ0n) is 21.1. The van der Waals surface area contributed by atoms with Crippen molar-refractivity contribution in [3.05, 3.63) is 47.5 Å². The minimum Gasteiger partial charge on any atom is -0.462 e. The van der Waals surface area contributed by atoms with Gasteiger partial charge < -0.3 is 9.47 Å². The fourth-order valence-electron chi connectivity index (χ4n) is 3.60. The van der Waals surface area contributed by atoms with E-state index in [4.69, 9.17) is 9.47 Å². The van der Waals surface area contributed by atoms with Crippen LogP contribution in [0.25, 0.3) is 0 Å². The maximum atomic E-state index is 12.2. The van der Waals surface area contributed by atoms with Crippen molar-refractivity contribution in [2.45, 2.75) is 110 Å². The normalized spacial score (nSPS) is 11.1. The second-order valence-electron chi connectivity index (χ2n) is 8.79. The summed E-state index contributed by atoms with van der Waals surface area (Å²) in [5.74, 6) is -0.684. The number of unbranched alkanes of at least 4 members (excludes halogenated alkanes) is 12. The molecule has 0 fully saturated rings. The molecule has 0 spiro atoms. The van der Waals surface area contributed by atoms with Gasteiger partial charge in [-0.1, -0.05) is 90.2 Å². The lowest BCUT2D eigenvalue weighted by Crippen LogP contribution is -2.09. The van der Waals surface area contributed by atoms with Crippen LogP contribution in [0.2, 0.25) is 0 Å². The molecule has 4 heteroatoms. The van der Waals surface area contributed by atoms with Crippen molar-refractivity contribution in [3.8, 4) is 0 Å². The third-order valence-corrected chi connectivity index (χ3v) is 5.73. The Kier molecular flexibility index (Phi) is 18.0.